The zero-order valence-electron chi connectivity index (χ0n) is 17.1. The Balaban J connectivity index is 1.31. The van der Waals surface area contributed by atoms with E-state index in [1.165, 1.54) is 11.3 Å². The number of para-hydroxylation sites is 1. The van der Waals surface area contributed by atoms with Crippen LogP contribution in [-0.2, 0) is 16.0 Å². The molecule has 2 aliphatic heterocycles. The molecule has 0 saturated carbocycles. The molecule has 6 heteroatoms. The highest BCUT2D eigenvalue weighted by molar-refractivity contribution is 5.92. The molecule has 1 saturated heterocycles. The minimum Gasteiger partial charge on any atom is -0.359 e. The van der Waals surface area contributed by atoms with E-state index in [4.69, 9.17) is 0 Å². The summed E-state index contributed by atoms with van der Waals surface area (Å²) in [5.41, 5.74) is 3.55. The second-order valence-electron chi connectivity index (χ2n) is 8.06. The first-order valence-electron chi connectivity index (χ1n) is 10.4. The molecule has 1 unspecified atom stereocenters. The predicted octanol–water partition coefficient (Wildman–Crippen LogP) is 3.02. The summed E-state index contributed by atoms with van der Waals surface area (Å²) in [6.07, 6.45) is 4.11. The number of aromatic nitrogens is 1. The van der Waals surface area contributed by atoms with E-state index in [0.717, 1.165) is 18.5 Å². The highest BCUT2D eigenvalue weighted by Gasteiger charge is 2.33. The number of nitrogens with one attached hydrogen (secondary N) is 1. The van der Waals surface area contributed by atoms with Gasteiger partial charge in [-0.25, -0.2) is 4.98 Å². The Bertz CT molecular complexity index is 888. The maximum Gasteiger partial charge on any atom is 0.244 e. The number of pyridine rings is 1. The SMILES string of the molecule is Cc1ccc(NC(=O)C2CCN(C(=O)C(C)N3CCc4ccccc43)CC2)nc1. The van der Waals surface area contributed by atoms with E-state index in [0.29, 0.717) is 31.7 Å². The number of piperidine rings is 1. The zero-order chi connectivity index (χ0) is 20.4. The van der Waals surface area contributed by atoms with Crippen LogP contribution in [0, 0.1) is 12.8 Å². The third kappa shape index (κ3) is 4.11. The van der Waals surface area contributed by atoms with Crippen molar-refractivity contribution in [1.82, 2.24) is 9.88 Å². The third-order valence-electron chi connectivity index (χ3n) is 6.09. The van der Waals surface area contributed by atoms with Gasteiger partial charge in [0, 0.05) is 37.4 Å². The summed E-state index contributed by atoms with van der Waals surface area (Å²) in [7, 11) is 0. The number of fused-ring (bicyclic) bond motifs is 1. The van der Waals surface area contributed by atoms with E-state index >= 15 is 0 Å². The Labute approximate surface area is 171 Å². The van der Waals surface area contributed by atoms with Gasteiger partial charge >= 0.3 is 0 Å². The van der Waals surface area contributed by atoms with Gasteiger partial charge in [0.2, 0.25) is 11.8 Å². The summed E-state index contributed by atoms with van der Waals surface area (Å²) >= 11 is 0. The van der Waals surface area contributed by atoms with E-state index in [1.807, 2.05) is 36.9 Å². The van der Waals surface area contributed by atoms with Crippen LogP contribution in [0.5, 0.6) is 0 Å². The Morgan fingerprint density at radius 2 is 1.86 bits per heavy atom. The van der Waals surface area contributed by atoms with Gasteiger partial charge in [0.25, 0.3) is 0 Å². The van der Waals surface area contributed by atoms with Gasteiger partial charge < -0.3 is 15.1 Å². The quantitative estimate of drug-likeness (QED) is 0.869. The summed E-state index contributed by atoms with van der Waals surface area (Å²) in [6.45, 7) is 6.09. The number of anilines is 2. The third-order valence-corrected chi connectivity index (χ3v) is 6.09. The first-order chi connectivity index (χ1) is 14.0. The van der Waals surface area contributed by atoms with E-state index in [2.05, 4.69) is 33.4 Å². The summed E-state index contributed by atoms with van der Waals surface area (Å²) in [4.78, 5) is 34.0. The fourth-order valence-corrected chi connectivity index (χ4v) is 4.30. The molecule has 2 aliphatic rings. The topological polar surface area (TPSA) is 65.5 Å². The lowest BCUT2D eigenvalue weighted by Gasteiger charge is -2.36. The number of hydrogen-bond donors (Lipinski definition) is 1. The molecule has 1 fully saturated rings. The fraction of sp³-hybridized carbons (Fsp3) is 0.435. The molecule has 0 radical (unpaired) electrons. The Kier molecular flexibility index (Phi) is 5.51. The van der Waals surface area contributed by atoms with Gasteiger partial charge in [-0.15, -0.1) is 0 Å². The average molecular weight is 393 g/mol. The number of aryl methyl sites for hydroxylation is 1. The van der Waals surface area contributed by atoms with Gasteiger partial charge in [0.15, 0.2) is 0 Å². The van der Waals surface area contributed by atoms with Gasteiger partial charge in [-0.05, 0) is 56.4 Å². The smallest absolute Gasteiger partial charge is 0.244 e. The number of likely N-dealkylation sites (tertiary alicyclic amines) is 1. The molecular weight excluding hydrogens is 364 g/mol. The van der Waals surface area contributed by atoms with Crippen LogP contribution in [-0.4, -0.2) is 47.4 Å². The van der Waals surface area contributed by atoms with E-state index < -0.39 is 0 Å². The van der Waals surface area contributed by atoms with E-state index in [-0.39, 0.29) is 23.8 Å². The van der Waals surface area contributed by atoms with Crippen LogP contribution >= 0.6 is 0 Å². The molecule has 29 heavy (non-hydrogen) atoms. The molecule has 0 spiro atoms. The average Bonchev–Trinajstić information content (AvgIpc) is 3.18. The lowest BCUT2D eigenvalue weighted by atomic mass is 9.95. The fourth-order valence-electron chi connectivity index (χ4n) is 4.30. The summed E-state index contributed by atoms with van der Waals surface area (Å²) in [5.74, 6) is 0.654. The van der Waals surface area contributed by atoms with Gasteiger partial charge in [-0.3, -0.25) is 9.59 Å². The Morgan fingerprint density at radius 1 is 1.10 bits per heavy atom. The maximum atomic E-state index is 13.1. The predicted molar refractivity (Wildman–Crippen MR) is 114 cm³/mol. The lowest BCUT2D eigenvalue weighted by Crippen LogP contribution is -2.50. The van der Waals surface area contributed by atoms with Crippen molar-refractivity contribution in [2.45, 2.75) is 39.2 Å². The molecule has 6 nitrogen and oxygen atoms in total. The number of carbonyl (C=O) groups is 2. The molecule has 0 bridgehead atoms. The monoisotopic (exact) mass is 392 g/mol. The van der Waals surface area contributed by atoms with Crippen LogP contribution in [0.3, 0.4) is 0 Å². The molecular formula is C23H28N4O2. The van der Waals surface area contributed by atoms with Crippen molar-refractivity contribution in [2.24, 2.45) is 5.92 Å². The Morgan fingerprint density at radius 3 is 2.59 bits per heavy atom. The van der Waals surface area contributed by atoms with E-state index in [1.54, 1.807) is 6.20 Å². The second-order valence-corrected chi connectivity index (χ2v) is 8.06. The largest absolute Gasteiger partial charge is 0.359 e. The standard InChI is InChI=1S/C23H28N4O2/c1-16-7-8-21(24-15-16)25-22(28)19-9-12-26(13-10-19)23(29)17(2)27-14-11-18-5-3-4-6-20(18)27/h3-8,15,17,19H,9-14H2,1-2H3,(H,24,25,28). The molecule has 1 atom stereocenters. The van der Waals surface area contributed by atoms with E-state index in [9.17, 15) is 9.59 Å². The van der Waals surface area contributed by atoms with Crippen LogP contribution < -0.4 is 10.2 Å². The molecule has 0 aliphatic carbocycles. The first kappa shape index (κ1) is 19.4. The lowest BCUT2D eigenvalue weighted by molar-refractivity contribution is -0.135. The summed E-state index contributed by atoms with van der Waals surface area (Å²) in [6, 6.07) is 11.9. The van der Waals surface area contributed by atoms with Crippen molar-refractivity contribution in [1.29, 1.82) is 0 Å². The highest BCUT2D eigenvalue weighted by atomic mass is 16.2. The number of amides is 2. The van der Waals surface area contributed by atoms with Gasteiger partial charge in [0.05, 0.1) is 0 Å². The van der Waals surface area contributed by atoms with Crippen LogP contribution in [0.25, 0.3) is 0 Å². The number of nitrogens with zero attached hydrogens (tertiary/aromatic N) is 3. The second kappa shape index (κ2) is 8.23. The van der Waals surface area contributed by atoms with Gasteiger partial charge in [0.1, 0.15) is 11.9 Å². The molecule has 1 N–H and O–H groups in total. The van der Waals surface area contributed by atoms with Crippen LogP contribution in [0.2, 0.25) is 0 Å². The molecule has 2 aromatic rings. The minimum absolute atomic E-state index is 0.00466. The molecule has 152 valence electrons. The van der Waals surface area contributed by atoms with Crippen LogP contribution in [0.15, 0.2) is 42.6 Å². The molecule has 3 heterocycles. The van der Waals surface area contributed by atoms with Crippen molar-refractivity contribution in [3.05, 3.63) is 53.7 Å². The van der Waals surface area contributed by atoms with Crippen LogP contribution in [0.4, 0.5) is 11.5 Å². The number of benzene rings is 1. The van der Waals surface area contributed by atoms with Gasteiger partial charge in [-0.1, -0.05) is 24.3 Å². The number of carbonyl (C=O) groups excluding carboxylic acids is 2. The first-order valence-corrected chi connectivity index (χ1v) is 10.4. The van der Waals surface area contributed by atoms with Crippen LogP contribution in [0.1, 0.15) is 30.9 Å². The molecule has 1 aromatic heterocycles. The highest BCUT2D eigenvalue weighted by Crippen LogP contribution is 2.30. The summed E-state index contributed by atoms with van der Waals surface area (Å²) < 4.78 is 0. The maximum absolute atomic E-state index is 13.1. The summed E-state index contributed by atoms with van der Waals surface area (Å²) in [5, 5.41) is 2.90. The normalized spacial score (nSPS) is 17.7. The Hall–Kier alpha value is -2.89. The van der Waals surface area contributed by atoms with Crippen molar-refractivity contribution in [3.8, 4) is 0 Å². The number of hydrogen-bond acceptors (Lipinski definition) is 4. The van der Waals surface area contributed by atoms with Crippen molar-refractivity contribution in [3.63, 3.8) is 0 Å². The van der Waals surface area contributed by atoms with Gasteiger partial charge in [-0.2, -0.15) is 0 Å². The molecule has 1 aromatic carbocycles. The van der Waals surface area contributed by atoms with Crippen molar-refractivity contribution in [2.75, 3.05) is 29.9 Å². The zero-order valence-corrected chi connectivity index (χ0v) is 17.1. The molecule has 2 amide bonds. The van der Waals surface area contributed by atoms with Crippen molar-refractivity contribution < 1.29 is 9.59 Å². The molecule has 4 rings (SSSR count). The van der Waals surface area contributed by atoms with Crippen molar-refractivity contribution >= 4 is 23.3 Å². The minimum atomic E-state index is -0.180. The number of rotatable bonds is 4.